The molecule has 1 amide bonds. The second-order valence-corrected chi connectivity index (χ2v) is 13.5. The summed E-state index contributed by atoms with van der Waals surface area (Å²) < 4.78 is 23.0. The number of carbonyl (C=O) groups is 4. The molecule has 4 N–H and O–H groups in total. The van der Waals surface area contributed by atoms with Crippen LogP contribution in [0.4, 0.5) is 21.8 Å². The molecule has 0 radical (unpaired) electrons. The number of methoxy groups -OCH3 is 1. The van der Waals surface area contributed by atoms with Crippen LogP contribution in [0.25, 0.3) is 11.2 Å². The number of halogens is 1. The monoisotopic (exact) mass is 759 g/mol. The van der Waals surface area contributed by atoms with Gasteiger partial charge in [0.05, 0.1) is 52.4 Å². The van der Waals surface area contributed by atoms with E-state index in [1.165, 1.54) is 7.11 Å². The number of aliphatic carboxylic acids is 2. The zero-order chi connectivity index (χ0) is 38.6. The Morgan fingerprint density at radius 2 is 1.57 bits per heavy atom. The lowest BCUT2D eigenvalue weighted by atomic mass is 10.3. The maximum absolute atomic E-state index is 14.0. The highest BCUT2D eigenvalue weighted by Crippen LogP contribution is 2.30. The number of hydrogen-bond acceptors (Lipinski definition) is 15. The van der Waals surface area contributed by atoms with E-state index in [-0.39, 0.29) is 38.6 Å². The SMILES string of the molecule is COc1nn(CCCNC(=O)CN2CCN(CC(=O)O)CCN(CC=O)CCN(CC(=O)O)CC2)cc1Nc1nc(N2CCC(F)C2)nc2c1ncn2C. The molecule has 3 aromatic rings. The summed E-state index contributed by atoms with van der Waals surface area (Å²) in [6.07, 6.45) is 4.22. The van der Waals surface area contributed by atoms with E-state index in [9.17, 15) is 33.8 Å². The first-order chi connectivity index (χ1) is 26.0. The Kier molecular flexibility index (Phi) is 14.4. The molecule has 54 heavy (non-hydrogen) atoms. The topological polar surface area (TPSA) is 220 Å². The number of ether oxygens (including phenoxy) is 1. The van der Waals surface area contributed by atoms with Crippen molar-refractivity contribution in [2.45, 2.75) is 25.6 Å². The van der Waals surface area contributed by atoms with Crippen LogP contribution in [0.15, 0.2) is 12.5 Å². The maximum atomic E-state index is 14.0. The number of hydrogen-bond donors (Lipinski definition) is 4. The molecule has 3 aromatic heterocycles. The molecular formula is C33H50FN13O7. The van der Waals surface area contributed by atoms with Crippen LogP contribution in [0, 0.1) is 0 Å². The van der Waals surface area contributed by atoms with Gasteiger partial charge < -0.3 is 39.8 Å². The second-order valence-electron chi connectivity index (χ2n) is 13.5. The fourth-order valence-corrected chi connectivity index (χ4v) is 6.46. The number of carboxylic acids is 2. The highest BCUT2D eigenvalue weighted by Gasteiger charge is 2.26. The number of fused-ring (bicyclic) bond motifs is 1. The largest absolute Gasteiger partial charge is 0.480 e. The van der Waals surface area contributed by atoms with Crippen molar-refractivity contribution >= 4 is 52.7 Å². The Morgan fingerprint density at radius 1 is 0.944 bits per heavy atom. The molecule has 21 heteroatoms. The van der Waals surface area contributed by atoms with Crippen molar-refractivity contribution < 1.29 is 38.5 Å². The number of nitrogens with zero attached hydrogens (tertiary/aromatic N) is 11. The number of amides is 1. The van der Waals surface area contributed by atoms with Crippen molar-refractivity contribution in [1.29, 1.82) is 0 Å². The molecule has 2 fully saturated rings. The molecule has 20 nitrogen and oxygen atoms in total. The van der Waals surface area contributed by atoms with E-state index < -0.39 is 18.1 Å². The quantitative estimate of drug-likeness (QED) is 0.101. The van der Waals surface area contributed by atoms with Gasteiger partial charge in [0.2, 0.25) is 11.9 Å². The molecule has 2 saturated heterocycles. The van der Waals surface area contributed by atoms with Crippen molar-refractivity contribution in [3.63, 3.8) is 0 Å². The Hall–Kier alpha value is -4.99. The number of carbonyl (C=O) groups excluding carboxylic acids is 2. The van der Waals surface area contributed by atoms with Gasteiger partial charge in [-0.05, 0) is 12.8 Å². The highest BCUT2D eigenvalue weighted by molar-refractivity contribution is 5.87. The van der Waals surface area contributed by atoms with E-state index in [4.69, 9.17) is 4.74 Å². The van der Waals surface area contributed by atoms with E-state index in [1.807, 2.05) is 21.7 Å². The zero-order valence-electron chi connectivity index (χ0n) is 30.8. The Morgan fingerprint density at radius 3 is 2.15 bits per heavy atom. The van der Waals surface area contributed by atoms with Crippen LogP contribution >= 0.6 is 0 Å². The number of aldehydes is 1. The Balaban J connectivity index is 1.17. The van der Waals surface area contributed by atoms with Gasteiger partial charge in [-0.15, -0.1) is 5.10 Å². The van der Waals surface area contributed by atoms with Gasteiger partial charge in [0.1, 0.15) is 18.1 Å². The highest BCUT2D eigenvalue weighted by atomic mass is 19.1. The average Bonchev–Trinajstić information content (AvgIpc) is 3.85. The molecule has 5 heterocycles. The molecule has 0 bridgehead atoms. The van der Waals surface area contributed by atoms with E-state index in [0.717, 1.165) is 6.29 Å². The average molecular weight is 760 g/mol. The van der Waals surface area contributed by atoms with Crippen LogP contribution < -0.4 is 20.3 Å². The van der Waals surface area contributed by atoms with Crippen molar-refractivity contribution in [3.8, 4) is 5.88 Å². The van der Waals surface area contributed by atoms with Crippen LogP contribution in [0.3, 0.4) is 0 Å². The fourth-order valence-electron chi connectivity index (χ4n) is 6.46. The Bertz CT molecular complexity index is 1710. The summed E-state index contributed by atoms with van der Waals surface area (Å²) in [5.41, 5.74) is 1.68. The van der Waals surface area contributed by atoms with Crippen molar-refractivity contribution in [2.24, 2.45) is 7.05 Å². The second kappa shape index (κ2) is 19.4. The number of imidazole rings is 1. The lowest BCUT2D eigenvalue weighted by Crippen LogP contribution is -2.49. The normalized spacial score (nSPS) is 18.6. The zero-order valence-corrected chi connectivity index (χ0v) is 30.8. The summed E-state index contributed by atoms with van der Waals surface area (Å²) in [4.78, 5) is 70.3. The molecule has 0 aromatic carbocycles. The molecule has 0 spiro atoms. The first-order valence-electron chi connectivity index (χ1n) is 18.0. The first-order valence-corrected chi connectivity index (χ1v) is 18.0. The third-order valence-corrected chi connectivity index (χ3v) is 9.37. The van der Waals surface area contributed by atoms with Crippen LogP contribution in [0.5, 0.6) is 5.88 Å². The van der Waals surface area contributed by atoms with Gasteiger partial charge in [-0.25, -0.2) is 9.37 Å². The van der Waals surface area contributed by atoms with Crippen molar-refractivity contribution in [1.82, 2.24) is 54.2 Å². The number of aryl methyl sites for hydroxylation is 2. The number of rotatable bonds is 16. The van der Waals surface area contributed by atoms with E-state index in [1.54, 1.807) is 31.6 Å². The standard InChI is InChI=1S/C33H50FN13O7/c1-41-23-36-29-30(38-33(39-31(29)41)46-7-4-24(34)18-46)37-25-19-47(40-32(25)54-2)6-3-5-35-26(49)20-43-12-14-44(21-27(50)51)10-8-42(16-17-48)9-11-45(15-13-43)22-28(52)53/h17,19,23-24H,3-16,18,20-22H2,1-2H3,(H,35,49)(H,50,51)(H,52,53)(H,37,38,39). The molecule has 0 aliphatic carbocycles. The van der Waals surface area contributed by atoms with Gasteiger partial charge in [-0.1, -0.05) is 0 Å². The van der Waals surface area contributed by atoms with Crippen molar-refractivity contribution in [3.05, 3.63) is 12.5 Å². The van der Waals surface area contributed by atoms with E-state index >= 15 is 0 Å². The molecule has 2 aliphatic rings. The van der Waals surface area contributed by atoms with E-state index in [2.05, 4.69) is 30.7 Å². The van der Waals surface area contributed by atoms with Crippen LogP contribution in [0.1, 0.15) is 12.8 Å². The summed E-state index contributed by atoms with van der Waals surface area (Å²) in [6, 6.07) is 0. The van der Waals surface area contributed by atoms with Gasteiger partial charge in [-0.2, -0.15) is 9.97 Å². The molecule has 296 valence electrons. The van der Waals surface area contributed by atoms with Crippen molar-refractivity contribution in [2.75, 3.05) is 115 Å². The Labute approximate surface area is 311 Å². The maximum Gasteiger partial charge on any atom is 0.317 e. The van der Waals surface area contributed by atoms with Gasteiger partial charge in [0, 0.05) is 79.0 Å². The molecule has 1 unspecified atom stereocenters. The molecule has 2 aliphatic heterocycles. The summed E-state index contributed by atoms with van der Waals surface area (Å²) >= 11 is 0. The first kappa shape index (κ1) is 40.2. The minimum absolute atomic E-state index is 0.0507. The smallest absolute Gasteiger partial charge is 0.317 e. The number of alkyl halides is 1. The number of carboxylic acid groups (broad SMARTS) is 2. The number of anilines is 3. The third-order valence-electron chi connectivity index (χ3n) is 9.37. The van der Waals surface area contributed by atoms with Crippen LogP contribution in [-0.4, -0.2) is 195 Å². The van der Waals surface area contributed by atoms with Crippen LogP contribution in [-0.2, 0) is 32.8 Å². The van der Waals surface area contributed by atoms with E-state index in [0.29, 0.717) is 119 Å². The third kappa shape index (κ3) is 11.5. The van der Waals surface area contributed by atoms with Gasteiger partial charge >= 0.3 is 11.9 Å². The number of nitrogens with one attached hydrogen (secondary N) is 2. The molecular weight excluding hydrogens is 709 g/mol. The van der Waals surface area contributed by atoms with Crippen LogP contribution in [0.2, 0.25) is 0 Å². The molecule has 0 saturated carbocycles. The molecule has 1 atom stereocenters. The van der Waals surface area contributed by atoms with Gasteiger partial charge in [0.25, 0.3) is 5.88 Å². The summed E-state index contributed by atoms with van der Waals surface area (Å²) in [5, 5.41) is 29.7. The van der Waals surface area contributed by atoms with Gasteiger partial charge in [-0.3, -0.25) is 38.7 Å². The summed E-state index contributed by atoms with van der Waals surface area (Å²) in [7, 11) is 3.33. The lowest BCUT2D eigenvalue weighted by Gasteiger charge is -2.32. The summed E-state index contributed by atoms with van der Waals surface area (Å²) in [5.74, 6) is -0.994. The lowest BCUT2D eigenvalue weighted by molar-refractivity contribution is -0.139. The predicted molar refractivity (Wildman–Crippen MR) is 195 cm³/mol. The number of aromatic nitrogens is 6. The minimum atomic E-state index is -0.970. The summed E-state index contributed by atoms with van der Waals surface area (Å²) in [6.45, 7) is 4.66. The predicted octanol–water partition coefficient (Wildman–Crippen LogP) is -1.04. The fraction of sp³-hybridized carbons (Fsp3) is 0.636. The minimum Gasteiger partial charge on any atom is -0.480 e. The molecule has 5 rings (SSSR count). The van der Waals surface area contributed by atoms with Gasteiger partial charge in [0.15, 0.2) is 17.0 Å².